The first-order chi connectivity index (χ1) is 7.13. The van der Waals surface area contributed by atoms with Crippen LogP contribution in [-0.2, 0) is 0 Å². The molecule has 1 N–H and O–H groups in total. The molecule has 0 saturated carbocycles. The van der Waals surface area contributed by atoms with Gasteiger partial charge in [0.05, 0.1) is 5.02 Å². The number of rotatable bonds is 3. The van der Waals surface area contributed by atoms with Gasteiger partial charge in [-0.1, -0.05) is 23.2 Å². The lowest BCUT2D eigenvalue weighted by Gasteiger charge is -2.06. The van der Waals surface area contributed by atoms with Crippen molar-refractivity contribution in [2.24, 2.45) is 0 Å². The number of ether oxygens (including phenoxy) is 1. The summed E-state index contributed by atoms with van der Waals surface area (Å²) < 4.78 is 4.90. The van der Waals surface area contributed by atoms with E-state index < -0.39 is 6.09 Å². The van der Waals surface area contributed by atoms with E-state index in [1.807, 2.05) is 0 Å². The molecule has 1 aromatic carbocycles. The summed E-state index contributed by atoms with van der Waals surface area (Å²) in [6.45, 7) is 0.339. The fraction of sp³-hybridized carbons (Fsp3) is 0.222. The highest BCUT2D eigenvalue weighted by Crippen LogP contribution is 2.27. The minimum atomic E-state index is -0.597. The van der Waals surface area contributed by atoms with Gasteiger partial charge in [0, 0.05) is 17.4 Å². The first-order valence-electron chi connectivity index (χ1n) is 4.10. The third kappa shape index (κ3) is 4.16. The van der Waals surface area contributed by atoms with Crippen LogP contribution >= 0.6 is 34.8 Å². The Kier molecular flexibility index (Phi) is 5.02. The highest BCUT2D eigenvalue weighted by Gasteiger charge is 2.07. The van der Waals surface area contributed by atoms with E-state index in [1.165, 1.54) is 12.1 Å². The van der Waals surface area contributed by atoms with Gasteiger partial charge in [-0.15, -0.1) is 11.6 Å². The minimum absolute atomic E-state index is 0.258. The van der Waals surface area contributed by atoms with Gasteiger partial charge in [0.1, 0.15) is 0 Å². The van der Waals surface area contributed by atoms with Crippen molar-refractivity contribution >= 4 is 40.9 Å². The zero-order valence-corrected chi connectivity index (χ0v) is 9.86. The molecule has 0 fully saturated rings. The molecule has 6 heteroatoms. The molecule has 0 aliphatic rings. The first-order valence-corrected chi connectivity index (χ1v) is 5.39. The lowest BCUT2D eigenvalue weighted by Crippen LogP contribution is -2.28. The number of hydrogen-bond acceptors (Lipinski definition) is 2. The second kappa shape index (κ2) is 6.05. The molecule has 0 aliphatic heterocycles. The molecule has 0 atom stereocenters. The number of nitrogens with one attached hydrogen (secondary N) is 1. The van der Waals surface area contributed by atoms with Crippen LogP contribution < -0.4 is 10.1 Å². The molecule has 1 aromatic rings. The second-order valence-corrected chi connectivity index (χ2v) is 3.80. The van der Waals surface area contributed by atoms with Gasteiger partial charge in [0.2, 0.25) is 0 Å². The Morgan fingerprint density at radius 2 is 2.13 bits per heavy atom. The van der Waals surface area contributed by atoms with E-state index >= 15 is 0 Å². The quantitative estimate of drug-likeness (QED) is 0.854. The summed E-state index contributed by atoms with van der Waals surface area (Å²) in [5.74, 6) is 0.580. The second-order valence-electron chi connectivity index (χ2n) is 2.58. The lowest BCUT2D eigenvalue weighted by molar-refractivity contribution is 0.201. The Hall–Kier alpha value is -0.640. The summed E-state index contributed by atoms with van der Waals surface area (Å²) in [6, 6.07) is 4.59. The number of benzene rings is 1. The number of carbonyl (C=O) groups excluding carboxylic acids is 1. The van der Waals surface area contributed by atoms with Gasteiger partial charge in [-0.3, -0.25) is 0 Å². The van der Waals surface area contributed by atoms with Crippen molar-refractivity contribution in [2.45, 2.75) is 0 Å². The Balaban J connectivity index is 2.60. The van der Waals surface area contributed by atoms with Crippen LogP contribution in [0.1, 0.15) is 0 Å². The predicted molar refractivity (Wildman–Crippen MR) is 61.2 cm³/mol. The van der Waals surface area contributed by atoms with Crippen LogP contribution in [0.25, 0.3) is 0 Å². The van der Waals surface area contributed by atoms with Gasteiger partial charge in [-0.2, -0.15) is 0 Å². The third-order valence-electron chi connectivity index (χ3n) is 1.46. The number of halogens is 3. The molecule has 0 heterocycles. The molecule has 0 radical (unpaired) electrons. The van der Waals surface area contributed by atoms with Crippen molar-refractivity contribution < 1.29 is 9.53 Å². The molecule has 0 aromatic heterocycles. The largest absolute Gasteiger partial charge is 0.412 e. The predicted octanol–water partition coefficient (Wildman–Crippen LogP) is 3.32. The summed E-state index contributed by atoms with van der Waals surface area (Å²) >= 11 is 16.9. The fourth-order valence-corrected chi connectivity index (χ4v) is 1.38. The van der Waals surface area contributed by atoms with Crippen LogP contribution in [-0.4, -0.2) is 18.5 Å². The van der Waals surface area contributed by atoms with Gasteiger partial charge in [0.25, 0.3) is 0 Å². The summed E-state index contributed by atoms with van der Waals surface area (Å²) in [7, 11) is 0. The molecule has 15 heavy (non-hydrogen) atoms. The third-order valence-corrected chi connectivity index (χ3v) is 2.18. The van der Waals surface area contributed by atoms with Crippen LogP contribution in [0, 0.1) is 0 Å². The minimum Gasteiger partial charge on any atom is -0.409 e. The van der Waals surface area contributed by atoms with E-state index in [2.05, 4.69) is 5.32 Å². The maximum absolute atomic E-state index is 11.1. The molecular formula is C9H8Cl3NO2. The van der Waals surface area contributed by atoms with Gasteiger partial charge < -0.3 is 10.1 Å². The standard InChI is InChI=1S/C9H8Cl3NO2/c10-3-4-13-9(14)15-8-2-1-6(11)5-7(8)12/h1-2,5H,3-4H2,(H,13,14). The van der Waals surface area contributed by atoms with Crippen LogP contribution in [0.3, 0.4) is 0 Å². The van der Waals surface area contributed by atoms with Crippen molar-refractivity contribution in [3.05, 3.63) is 28.2 Å². The van der Waals surface area contributed by atoms with E-state index in [0.717, 1.165) is 0 Å². The van der Waals surface area contributed by atoms with Gasteiger partial charge in [0.15, 0.2) is 5.75 Å². The highest BCUT2D eigenvalue weighted by atomic mass is 35.5. The fourth-order valence-electron chi connectivity index (χ4n) is 0.843. The molecule has 1 rings (SSSR count). The maximum atomic E-state index is 11.1. The molecule has 0 bridgehead atoms. The van der Waals surface area contributed by atoms with E-state index in [0.29, 0.717) is 17.4 Å². The molecular weight excluding hydrogens is 260 g/mol. The van der Waals surface area contributed by atoms with E-state index in [9.17, 15) is 4.79 Å². The van der Waals surface area contributed by atoms with Crippen molar-refractivity contribution in [1.82, 2.24) is 5.32 Å². The summed E-state index contributed by atoms with van der Waals surface area (Å²) in [4.78, 5) is 11.1. The average molecular weight is 269 g/mol. The topological polar surface area (TPSA) is 38.3 Å². The molecule has 82 valence electrons. The molecule has 1 amide bonds. The average Bonchev–Trinajstić information content (AvgIpc) is 2.19. The van der Waals surface area contributed by atoms with E-state index in [-0.39, 0.29) is 10.8 Å². The molecule has 0 unspecified atom stereocenters. The SMILES string of the molecule is O=C(NCCCl)Oc1ccc(Cl)cc1Cl. The smallest absolute Gasteiger partial charge is 0.409 e. The van der Waals surface area contributed by atoms with Crippen LogP contribution in [0.4, 0.5) is 4.79 Å². The van der Waals surface area contributed by atoms with Crippen molar-refractivity contribution in [3.8, 4) is 5.75 Å². The molecule has 0 aliphatic carbocycles. The van der Waals surface area contributed by atoms with Crippen molar-refractivity contribution in [1.29, 1.82) is 0 Å². The molecule has 3 nitrogen and oxygen atoms in total. The maximum Gasteiger partial charge on any atom is 0.412 e. The Bertz CT molecular complexity index is 357. The van der Waals surface area contributed by atoms with Crippen LogP contribution in [0.15, 0.2) is 18.2 Å². The van der Waals surface area contributed by atoms with E-state index in [1.54, 1.807) is 6.07 Å². The van der Waals surface area contributed by atoms with Crippen molar-refractivity contribution in [3.63, 3.8) is 0 Å². The van der Waals surface area contributed by atoms with Gasteiger partial charge in [-0.05, 0) is 18.2 Å². The molecule has 0 saturated heterocycles. The lowest BCUT2D eigenvalue weighted by atomic mass is 10.3. The number of amides is 1. The number of alkyl halides is 1. The first kappa shape index (κ1) is 12.4. The number of hydrogen-bond donors (Lipinski definition) is 1. The Labute approximate surface area is 102 Å². The molecule has 0 spiro atoms. The zero-order valence-electron chi connectivity index (χ0n) is 7.60. The summed E-state index contributed by atoms with van der Waals surface area (Å²) in [5, 5.41) is 3.20. The normalized spacial score (nSPS) is 9.80. The highest BCUT2D eigenvalue weighted by molar-refractivity contribution is 6.35. The van der Waals surface area contributed by atoms with Crippen LogP contribution in [0.5, 0.6) is 5.75 Å². The van der Waals surface area contributed by atoms with Crippen LogP contribution in [0.2, 0.25) is 10.0 Å². The zero-order chi connectivity index (χ0) is 11.3. The van der Waals surface area contributed by atoms with Gasteiger partial charge in [-0.25, -0.2) is 4.79 Å². The van der Waals surface area contributed by atoms with Gasteiger partial charge >= 0.3 is 6.09 Å². The number of carbonyl (C=O) groups is 1. The van der Waals surface area contributed by atoms with E-state index in [4.69, 9.17) is 39.5 Å². The summed E-state index contributed by atoms with van der Waals surface area (Å²) in [6.07, 6.45) is -0.597. The monoisotopic (exact) mass is 267 g/mol. The Morgan fingerprint density at radius 3 is 2.73 bits per heavy atom. The summed E-state index contributed by atoms with van der Waals surface area (Å²) in [5.41, 5.74) is 0. The van der Waals surface area contributed by atoms with Crippen molar-refractivity contribution in [2.75, 3.05) is 12.4 Å². The Morgan fingerprint density at radius 1 is 1.40 bits per heavy atom.